The summed E-state index contributed by atoms with van der Waals surface area (Å²) in [4.78, 5) is 12.0. The molecule has 2 saturated heterocycles. The average Bonchev–Trinajstić information content (AvgIpc) is 2.68. The zero-order chi connectivity index (χ0) is 10.7. The number of carbonyl (C=O) groups excluding carboxylic acids is 1. The molecule has 0 bridgehead atoms. The number of nitrogens with one attached hydrogen (secondary N) is 2. The summed E-state index contributed by atoms with van der Waals surface area (Å²) >= 11 is 0. The number of hydrogen-bond acceptors (Lipinski definition) is 3. The highest BCUT2D eigenvalue weighted by atomic mass is 16.5. The second kappa shape index (κ2) is 4.49. The highest BCUT2D eigenvalue weighted by Gasteiger charge is 2.36. The van der Waals surface area contributed by atoms with E-state index in [1.165, 1.54) is 0 Å². The van der Waals surface area contributed by atoms with E-state index in [1.54, 1.807) is 0 Å². The molecule has 2 aliphatic heterocycles. The fourth-order valence-corrected chi connectivity index (χ4v) is 2.28. The van der Waals surface area contributed by atoms with E-state index in [-0.39, 0.29) is 11.4 Å². The van der Waals surface area contributed by atoms with Crippen LogP contribution in [0.3, 0.4) is 0 Å². The molecule has 0 spiro atoms. The molecule has 15 heavy (non-hydrogen) atoms. The van der Waals surface area contributed by atoms with Crippen LogP contribution >= 0.6 is 0 Å². The van der Waals surface area contributed by atoms with Crippen molar-refractivity contribution in [2.24, 2.45) is 0 Å². The van der Waals surface area contributed by atoms with Gasteiger partial charge in [0.1, 0.15) is 0 Å². The summed E-state index contributed by atoms with van der Waals surface area (Å²) in [5.74, 6) is 0.159. The van der Waals surface area contributed by atoms with Crippen molar-refractivity contribution in [2.75, 3.05) is 19.8 Å². The van der Waals surface area contributed by atoms with E-state index in [4.69, 9.17) is 4.74 Å². The van der Waals surface area contributed by atoms with Gasteiger partial charge in [-0.1, -0.05) is 0 Å². The van der Waals surface area contributed by atoms with E-state index in [9.17, 15) is 4.79 Å². The predicted molar refractivity (Wildman–Crippen MR) is 57.6 cm³/mol. The Morgan fingerprint density at radius 3 is 2.80 bits per heavy atom. The highest BCUT2D eigenvalue weighted by molar-refractivity contribution is 5.86. The summed E-state index contributed by atoms with van der Waals surface area (Å²) in [6.45, 7) is 4.50. The minimum Gasteiger partial charge on any atom is -0.381 e. The van der Waals surface area contributed by atoms with Crippen LogP contribution in [0.1, 0.15) is 32.6 Å². The minimum atomic E-state index is -0.335. The highest BCUT2D eigenvalue weighted by Crippen LogP contribution is 2.19. The number of ether oxygens (including phenoxy) is 1. The van der Waals surface area contributed by atoms with E-state index < -0.39 is 0 Å². The van der Waals surface area contributed by atoms with Crippen molar-refractivity contribution in [2.45, 2.75) is 44.2 Å². The van der Waals surface area contributed by atoms with Crippen LogP contribution in [-0.4, -0.2) is 37.2 Å². The van der Waals surface area contributed by atoms with Gasteiger partial charge in [-0.15, -0.1) is 0 Å². The van der Waals surface area contributed by atoms with Gasteiger partial charge in [-0.3, -0.25) is 4.79 Å². The van der Waals surface area contributed by atoms with Crippen LogP contribution in [0.15, 0.2) is 0 Å². The first-order valence-corrected chi connectivity index (χ1v) is 5.84. The second-order valence-corrected chi connectivity index (χ2v) is 4.72. The summed E-state index contributed by atoms with van der Waals surface area (Å²) in [5, 5.41) is 6.40. The van der Waals surface area contributed by atoms with E-state index >= 15 is 0 Å². The number of amides is 1. The lowest BCUT2D eigenvalue weighted by molar-refractivity contribution is -0.127. The maximum atomic E-state index is 12.0. The normalized spacial score (nSPS) is 32.9. The minimum absolute atomic E-state index is 0.159. The molecule has 0 aliphatic carbocycles. The molecule has 0 aromatic carbocycles. The van der Waals surface area contributed by atoms with Crippen molar-refractivity contribution in [3.63, 3.8) is 0 Å². The molecule has 2 fully saturated rings. The van der Waals surface area contributed by atoms with Crippen LogP contribution in [-0.2, 0) is 9.53 Å². The molecule has 2 aliphatic rings. The molecule has 1 atom stereocenters. The summed E-state index contributed by atoms with van der Waals surface area (Å²) < 4.78 is 5.26. The van der Waals surface area contributed by atoms with Crippen LogP contribution in [0.5, 0.6) is 0 Å². The van der Waals surface area contributed by atoms with Gasteiger partial charge in [0.2, 0.25) is 5.91 Å². The lowest BCUT2D eigenvalue weighted by Gasteiger charge is -2.29. The SMILES string of the molecule is CC1(C(=O)NC2CCOCC2)CCCN1. The molecular weight excluding hydrogens is 192 g/mol. The van der Waals surface area contributed by atoms with E-state index in [2.05, 4.69) is 10.6 Å². The summed E-state index contributed by atoms with van der Waals surface area (Å²) in [6.07, 6.45) is 3.93. The molecule has 0 aromatic heterocycles. The third-order valence-corrected chi connectivity index (χ3v) is 3.43. The first-order valence-electron chi connectivity index (χ1n) is 5.84. The Labute approximate surface area is 90.8 Å². The Hall–Kier alpha value is -0.610. The van der Waals surface area contributed by atoms with Crippen LogP contribution in [0.25, 0.3) is 0 Å². The maximum absolute atomic E-state index is 12.0. The molecule has 4 heteroatoms. The van der Waals surface area contributed by atoms with Gasteiger partial charge in [-0.25, -0.2) is 0 Å². The number of rotatable bonds is 2. The van der Waals surface area contributed by atoms with Gasteiger partial charge in [-0.05, 0) is 39.2 Å². The van der Waals surface area contributed by atoms with Crippen LogP contribution in [0.2, 0.25) is 0 Å². The van der Waals surface area contributed by atoms with Crippen LogP contribution in [0.4, 0.5) is 0 Å². The quantitative estimate of drug-likeness (QED) is 0.697. The Balaban J connectivity index is 1.85. The van der Waals surface area contributed by atoms with Crippen molar-refractivity contribution in [3.05, 3.63) is 0 Å². The van der Waals surface area contributed by atoms with Crippen molar-refractivity contribution in [1.29, 1.82) is 0 Å². The maximum Gasteiger partial charge on any atom is 0.240 e. The van der Waals surface area contributed by atoms with Crippen molar-refractivity contribution in [1.82, 2.24) is 10.6 Å². The zero-order valence-electron chi connectivity index (χ0n) is 9.34. The fourth-order valence-electron chi connectivity index (χ4n) is 2.28. The van der Waals surface area contributed by atoms with Crippen molar-refractivity contribution < 1.29 is 9.53 Å². The topological polar surface area (TPSA) is 50.4 Å². The van der Waals surface area contributed by atoms with E-state index in [0.717, 1.165) is 45.4 Å². The molecule has 2 N–H and O–H groups in total. The molecule has 86 valence electrons. The first-order chi connectivity index (χ1) is 7.21. The molecule has 0 aromatic rings. The Bertz CT molecular complexity index is 231. The number of carbonyl (C=O) groups is 1. The molecular formula is C11H20N2O2. The van der Waals surface area contributed by atoms with E-state index in [0.29, 0.717) is 6.04 Å². The first kappa shape index (κ1) is 10.9. The molecule has 0 saturated carbocycles. The van der Waals surface area contributed by atoms with Crippen LogP contribution in [0, 0.1) is 0 Å². The van der Waals surface area contributed by atoms with Gasteiger partial charge in [-0.2, -0.15) is 0 Å². The lowest BCUT2D eigenvalue weighted by Crippen LogP contribution is -2.54. The smallest absolute Gasteiger partial charge is 0.240 e. The molecule has 1 unspecified atom stereocenters. The number of hydrogen-bond donors (Lipinski definition) is 2. The van der Waals surface area contributed by atoms with Gasteiger partial charge < -0.3 is 15.4 Å². The molecule has 4 nitrogen and oxygen atoms in total. The van der Waals surface area contributed by atoms with Gasteiger partial charge in [0.05, 0.1) is 5.54 Å². The van der Waals surface area contributed by atoms with Gasteiger partial charge in [0.25, 0.3) is 0 Å². The molecule has 2 rings (SSSR count). The molecule has 1 amide bonds. The van der Waals surface area contributed by atoms with Crippen molar-refractivity contribution >= 4 is 5.91 Å². The molecule has 2 heterocycles. The van der Waals surface area contributed by atoms with Gasteiger partial charge in [0.15, 0.2) is 0 Å². The Kier molecular flexibility index (Phi) is 3.26. The summed E-state index contributed by atoms with van der Waals surface area (Å²) in [5.41, 5.74) is -0.335. The summed E-state index contributed by atoms with van der Waals surface area (Å²) in [7, 11) is 0. The third-order valence-electron chi connectivity index (χ3n) is 3.43. The lowest BCUT2D eigenvalue weighted by atomic mass is 9.98. The van der Waals surface area contributed by atoms with E-state index in [1.807, 2.05) is 6.92 Å². The summed E-state index contributed by atoms with van der Waals surface area (Å²) in [6, 6.07) is 0.311. The fraction of sp³-hybridized carbons (Fsp3) is 0.909. The van der Waals surface area contributed by atoms with Gasteiger partial charge >= 0.3 is 0 Å². The monoisotopic (exact) mass is 212 g/mol. The van der Waals surface area contributed by atoms with Crippen LogP contribution < -0.4 is 10.6 Å². The zero-order valence-corrected chi connectivity index (χ0v) is 9.34. The Morgan fingerprint density at radius 1 is 1.47 bits per heavy atom. The van der Waals surface area contributed by atoms with Gasteiger partial charge in [0, 0.05) is 19.3 Å². The second-order valence-electron chi connectivity index (χ2n) is 4.72. The predicted octanol–water partition coefficient (Wildman–Crippen LogP) is 0.424. The standard InChI is InChI=1S/C11H20N2O2/c1-11(5-2-6-12-11)10(14)13-9-3-7-15-8-4-9/h9,12H,2-8H2,1H3,(H,13,14). The van der Waals surface area contributed by atoms with Crippen molar-refractivity contribution in [3.8, 4) is 0 Å². The third kappa shape index (κ3) is 2.49. The Morgan fingerprint density at radius 2 is 2.20 bits per heavy atom. The average molecular weight is 212 g/mol. The molecule has 0 radical (unpaired) electrons. The largest absolute Gasteiger partial charge is 0.381 e.